The van der Waals surface area contributed by atoms with E-state index in [9.17, 15) is 9.59 Å². The highest BCUT2D eigenvalue weighted by atomic mass is 16.2. The minimum Gasteiger partial charge on any atom is -0.334 e. The van der Waals surface area contributed by atoms with Gasteiger partial charge in [-0.1, -0.05) is 29.8 Å². The molecule has 0 atom stereocenters. The summed E-state index contributed by atoms with van der Waals surface area (Å²) >= 11 is 0. The Hall–Kier alpha value is -2.82. The third-order valence-electron chi connectivity index (χ3n) is 3.04. The predicted octanol–water partition coefficient (Wildman–Crippen LogP) is 3.28. The molecule has 3 N–H and O–H groups in total. The molecule has 5 heteroatoms. The standard InChI is InChI=1S/C17H19N3O2/c1-12-3-5-14(6-4-12)11-18-17(22)20-16-9-7-15(8-10-16)19-13(2)21/h3-10H,11H2,1-2H3,(H,19,21)(H2,18,20,22). The van der Waals surface area contributed by atoms with Gasteiger partial charge in [0, 0.05) is 24.8 Å². The normalized spacial score (nSPS) is 9.91. The number of amides is 3. The van der Waals surface area contributed by atoms with Crippen LogP contribution in [0.1, 0.15) is 18.1 Å². The van der Waals surface area contributed by atoms with Crippen LogP contribution in [0, 0.1) is 6.92 Å². The number of carbonyl (C=O) groups is 2. The maximum atomic E-state index is 11.8. The average Bonchev–Trinajstić information content (AvgIpc) is 2.48. The number of carbonyl (C=O) groups excluding carboxylic acids is 2. The molecule has 0 aliphatic heterocycles. The van der Waals surface area contributed by atoms with Gasteiger partial charge in [-0.05, 0) is 36.8 Å². The van der Waals surface area contributed by atoms with Crippen molar-refractivity contribution in [2.45, 2.75) is 20.4 Å². The first-order chi connectivity index (χ1) is 10.5. The number of aryl methyl sites for hydroxylation is 1. The van der Waals surface area contributed by atoms with E-state index < -0.39 is 0 Å². The van der Waals surface area contributed by atoms with E-state index in [0.717, 1.165) is 5.56 Å². The maximum Gasteiger partial charge on any atom is 0.319 e. The molecule has 0 aliphatic carbocycles. The number of rotatable bonds is 4. The Bertz CT molecular complexity index is 649. The average molecular weight is 297 g/mol. The van der Waals surface area contributed by atoms with Gasteiger partial charge in [0.2, 0.25) is 5.91 Å². The van der Waals surface area contributed by atoms with Crippen molar-refractivity contribution >= 4 is 23.3 Å². The lowest BCUT2D eigenvalue weighted by Gasteiger charge is -2.09. The first-order valence-electron chi connectivity index (χ1n) is 7.01. The Morgan fingerprint density at radius 2 is 1.41 bits per heavy atom. The number of nitrogens with one attached hydrogen (secondary N) is 3. The molecule has 0 aliphatic rings. The van der Waals surface area contributed by atoms with Crippen LogP contribution in [0.5, 0.6) is 0 Å². The van der Waals surface area contributed by atoms with Gasteiger partial charge in [0.25, 0.3) is 0 Å². The Morgan fingerprint density at radius 1 is 0.864 bits per heavy atom. The third-order valence-corrected chi connectivity index (χ3v) is 3.04. The lowest BCUT2D eigenvalue weighted by atomic mass is 10.1. The van der Waals surface area contributed by atoms with E-state index in [1.165, 1.54) is 12.5 Å². The second-order valence-electron chi connectivity index (χ2n) is 5.05. The van der Waals surface area contributed by atoms with E-state index in [2.05, 4.69) is 16.0 Å². The maximum absolute atomic E-state index is 11.8. The summed E-state index contributed by atoms with van der Waals surface area (Å²) in [5.41, 5.74) is 3.59. The van der Waals surface area contributed by atoms with E-state index >= 15 is 0 Å². The summed E-state index contributed by atoms with van der Waals surface area (Å²) in [4.78, 5) is 22.7. The van der Waals surface area contributed by atoms with Gasteiger partial charge >= 0.3 is 6.03 Å². The van der Waals surface area contributed by atoms with Crippen molar-refractivity contribution in [1.29, 1.82) is 0 Å². The van der Waals surface area contributed by atoms with Gasteiger partial charge in [-0.15, -0.1) is 0 Å². The lowest BCUT2D eigenvalue weighted by molar-refractivity contribution is -0.114. The highest BCUT2D eigenvalue weighted by Gasteiger charge is 2.02. The molecule has 2 aromatic rings. The van der Waals surface area contributed by atoms with Crippen molar-refractivity contribution < 1.29 is 9.59 Å². The first kappa shape index (κ1) is 15.6. The SMILES string of the molecule is CC(=O)Nc1ccc(NC(=O)NCc2ccc(C)cc2)cc1. The molecule has 0 saturated heterocycles. The Balaban J connectivity index is 1.83. The van der Waals surface area contributed by atoms with Crippen LogP contribution in [0.3, 0.4) is 0 Å². The number of hydrogen-bond donors (Lipinski definition) is 3. The highest BCUT2D eigenvalue weighted by molar-refractivity contribution is 5.91. The molecule has 0 saturated carbocycles. The second-order valence-corrected chi connectivity index (χ2v) is 5.05. The molecule has 0 spiro atoms. The van der Waals surface area contributed by atoms with Crippen LogP contribution in [0.2, 0.25) is 0 Å². The Kier molecular flexibility index (Phi) is 5.14. The quantitative estimate of drug-likeness (QED) is 0.810. The van der Waals surface area contributed by atoms with Gasteiger partial charge < -0.3 is 16.0 Å². The summed E-state index contributed by atoms with van der Waals surface area (Å²) in [5.74, 6) is -0.128. The minimum absolute atomic E-state index is 0.128. The van der Waals surface area contributed by atoms with Gasteiger partial charge in [-0.3, -0.25) is 4.79 Å². The zero-order valence-electron chi connectivity index (χ0n) is 12.6. The van der Waals surface area contributed by atoms with Crippen molar-refractivity contribution in [1.82, 2.24) is 5.32 Å². The van der Waals surface area contributed by atoms with Crippen LogP contribution in [-0.2, 0) is 11.3 Å². The molecule has 0 unspecified atom stereocenters. The molecule has 2 aromatic carbocycles. The topological polar surface area (TPSA) is 70.2 Å². The zero-order chi connectivity index (χ0) is 15.9. The minimum atomic E-state index is -0.271. The van der Waals surface area contributed by atoms with E-state index in [1.807, 2.05) is 31.2 Å². The van der Waals surface area contributed by atoms with Gasteiger partial charge in [-0.25, -0.2) is 4.79 Å². The summed E-state index contributed by atoms with van der Waals surface area (Å²) in [7, 11) is 0. The summed E-state index contributed by atoms with van der Waals surface area (Å²) in [6, 6.07) is 14.6. The monoisotopic (exact) mass is 297 g/mol. The van der Waals surface area contributed by atoms with E-state index in [1.54, 1.807) is 24.3 Å². The van der Waals surface area contributed by atoms with Crippen LogP contribution in [0.25, 0.3) is 0 Å². The fourth-order valence-corrected chi connectivity index (χ4v) is 1.90. The fourth-order valence-electron chi connectivity index (χ4n) is 1.90. The number of hydrogen-bond acceptors (Lipinski definition) is 2. The first-order valence-corrected chi connectivity index (χ1v) is 7.01. The summed E-state index contributed by atoms with van der Waals surface area (Å²) in [5, 5.41) is 8.20. The van der Waals surface area contributed by atoms with Gasteiger partial charge in [0.15, 0.2) is 0 Å². The van der Waals surface area contributed by atoms with Crippen LogP contribution >= 0.6 is 0 Å². The third kappa shape index (κ3) is 4.94. The smallest absolute Gasteiger partial charge is 0.319 e. The van der Waals surface area contributed by atoms with Crippen molar-refractivity contribution in [2.24, 2.45) is 0 Å². The van der Waals surface area contributed by atoms with Gasteiger partial charge in [0.1, 0.15) is 0 Å². The van der Waals surface area contributed by atoms with E-state index in [-0.39, 0.29) is 11.9 Å². The van der Waals surface area contributed by atoms with Crippen LogP contribution in [0.15, 0.2) is 48.5 Å². The molecule has 2 rings (SSSR count). The van der Waals surface area contributed by atoms with E-state index in [4.69, 9.17) is 0 Å². The Labute approximate surface area is 129 Å². The number of urea groups is 1. The fraction of sp³-hybridized carbons (Fsp3) is 0.176. The molecule has 0 bridgehead atoms. The molecule has 3 amide bonds. The lowest BCUT2D eigenvalue weighted by Crippen LogP contribution is -2.28. The molecule has 0 aromatic heterocycles. The van der Waals surface area contributed by atoms with Crippen LogP contribution in [0.4, 0.5) is 16.2 Å². The number of anilines is 2. The number of benzene rings is 2. The predicted molar refractivity (Wildman–Crippen MR) is 87.8 cm³/mol. The zero-order valence-corrected chi connectivity index (χ0v) is 12.6. The molecule has 5 nitrogen and oxygen atoms in total. The summed E-state index contributed by atoms with van der Waals surface area (Å²) < 4.78 is 0. The van der Waals surface area contributed by atoms with Gasteiger partial charge in [0.05, 0.1) is 0 Å². The second kappa shape index (κ2) is 7.26. The highest BCUT2D eigenvalue weighted by Crippen LogP contribution is 2.13. The largest absolute Gasteiger partial charge is 0.334 e. The van der Waals surface area contributed by atoms with Crippen LogP contribution < -0.4 is 16.0 Å². The molecule has 0 heterocycles. The molecule has 0 fully saturated rings. The molecular formula is C17H19N3O2. The van der Waals surface area contributed by atoms with Crippen molar-refractivity contribution in [3.63, 3.8) is 0 Å². The van der Waals surface area contributed by atoms with Crippen molar-refractivity contribution in [3.05, 3.63) is 59.7 Å². The van der Waals surface area contributed by atoms with Crippen molar-refractivity contribution in [3.8, 4) is 0 Å². The van der Waals surface area contributed by atoms with Crippen molar-refractivity contribution in [2.75, 3.05) is 10.6 Å². The molecule has 0 radical (unpaired) electrons. The van der Waals surface area contributed by atoms with E-state index in [0.29, 0.717) is 17.9 Å². The molecular weight excluding hydrogens is 278 g/mol. The molecule has 114 valence electrons. The van der Waals surface area contributed by atoms with Crippen LogP contribution in [-0.4, -0.2) is 11.9 Å². The van der Waals surface area contributed by atoms with Gasteiger partial charge in [-0.2, -0.15) is 0 Å². The molecule has 22 heavy (non-hydrogen) atoms. The summed E-state index contributed by atoms with van der Waals surface area (Å²) in [6.07, 6.45) is 0. The Morgan fingerprint density at radius 3 is 1.95 bits per heavy atom. The summed E-state index contributed by atoms with van der Waals surface area (Å²) in [6.45, 7) is 3.94.